The highest BCUT2D eigenvalue weighted by Gasteiger charge is 2.32. The van der Waals surface area contributed by atoms with E-state index in [1.165, 1.54) is 0 Å². The number of aromatic amines is 1. The van der Waals surface area contributed by atoms with E-state index in [0.717, 1.165) is 10.9 Å². The van der Waals surface area contributed by atoms with Crippen LogP contribution in [0, 0.1) is 0 Å². The maximum atomic E-state index is 13.9. The van der Waals surface area contributed by atoms with E-state index in [2.05, 4.69) is 31.2 Å². The number of carbonyl (C=O) groups excluding carboxylic acids is 5. The molecule has 20 nitrogen and oxygen atoms in total. The number of fused-ring (bicyclic) bond motifs is 1. The molecule has 0 aliphatic rings. The van der Waals surface area contributed by atoms with Crippen LogP contribution in [0.2, 0.25) is 0 Å². The van der Waals surface area contributed by atoms with Crippen molar-refractivity contribution >= 4 is 58.3 Å². The second-order valence-electron chi connectivity index (χ2n) is 12.4. The quantitative estimate of drug-likeness (QED) is 0.0282. The summed E-state index contributed by atoms with van der Waals surface area (Å²) in [5, 5.41) is 29.5. The van der Waals surface area contributed by atoms with Crippen LogP contribution in [-0.2, 0) is 40.0 Å². The molecule has 0 radical (unpaired) electrons. The number of hydrogen-bond donors (Lipinski definition) is 12. The molecule has 0 saturated heterocycles. The number of nitrogens with two attached hydrogens (primary N) is 5. The van der Waals surface area contributed by atoms with Gasteiger partial charge >= 0.3 is 11.9 Å². The molecule has 0 aliphatic heterocycles. The molecule has 2 aromatic rings. The molecule has 17 N–H and O–H groups in total. The molecule has 5 amide bonds. The Labute approximate surface area is 305 Å². The van der Waals surface area contributed by atoms with Crippen molar-refractivity contribution in [2.45, 2.75) is 94.4 Å². The monoisotopic (exact) mass is 745 g/mol. The van der Waals surface area contributed by atoms with Gasteiger partial charge in [0, 0.05) is 42.9 Å². The van der Waals surface area contributed by atoms with Crippen molar-refractivity contribution < 1.29 is 43.8 Å². The molecule has 1 aromatic heterocycles. The average Bonchev–Trinajstić information content (AvgIpc) is 3.51. The number of benzene rings is 1. The molecule has 53 heavy (non-hydrogen) atoms. The summed E-state index contributed by atoms with van der Waals surface area (Å²) in [6.45, 7) is 0.520. The molecule has 1 heterocycles. The molecular formula is C33H51N11O9. The summed E-state index contributed by atoms with van der Waals surface area (Å²) in [6.07, 6.45) is 1.30. The van der Waals surface area contributed by atoms with Crippen molar-refractivity contribution in [3.8, 4) is 0 Å². The van der Waals surface area contributed by atoms with Crippen molar-refractivity contribution in [1.29, 1.82) is 0 Å². The summed E-state index contributed by atoms with van der Waals surface area (Å²) in [6, 6.07) is 0.471. The number of nitrogens with one attached hydrogen (secondary N) is 5. The maximum absolute atomic E-state index is 13.9. The van der Waals surface area contributed by atoms with E-state index >= 15 is 0 Å². The Balaban J connectivity index is 2.35. The zero-order chi connectivity index (χ0) is 39.5. The van der Waals surface area contributed by atoms with Crippen LogP contribution in [0.4, 0.5) is 0 Å². The van der Waals surface area contributed by atoms with Gasteiger partial charge in [-0.25, -0.2) is 4.79 Å². The fourth-order valence-corrected chi connectivity index (χ4v) is 5.32. The third kappa shape index (κ3) is 15.6. The molecule has 5 atom stereocenters. The van der Waals surface area contributed by atoms with Gasteiger partial charge in [0.25, 0.3) is 0 Å². The SMILES string of the molecule is NCCCCC(NC(=O)C(CCC(=O)O)NC(=O)C(CCC(N)=O)NC(=O)C(Cc1c[nH]c2ccccc12)NC(=O)C(N)CCCN=C(N)N)C(=O)O. The summed E-state index contributed by atoms with van der Waals surface area (Å²) in [5.41, 5.74) is 29.0. The van der Waals surface area contributed by atoms with E-state index in [-0.39, 0.29) is 44.6 Å². The van der Waals surface area contributed by atoms with Crippen molar-refractivity contribution in [2.24, 2.45) is 33.7 Å². The Morgan fingerprint density at radius 3 is 1.89 bits per heavy atom. The summed E-state index contributed by atoms with van der Waals surface area (Å²) in [7, 11) is 0. The molecule has 0 saturated carbocycles. The van der Waals surface area contributed by atoms with Crippen LogP contribution < -0.4 is 49.9 Å². The van der Waals surface area contributed by atoms with Gasteiger partial charge in [0.15, 0.2) is 5.96 Å². The standard InChI is InChI=1S/C33H51N11O9/c34-14-4-3-9-24(32(52)53)43-30(50)23(11-13-27(46)47)41-29(49)22(10-12-26(36)45)42-31(51)25(16-18-17-40-21-8-2-1-6-19(18)21)44-28(48)20(35)7-5-15-39-33(37)38/h1-2,6,8,17,20,22-25,40H,3-5,7,9-16,34-35H2,(H2,36,45)(H,41,49)(H,42,51)(H,43,50)(H,44,48)(H,46,47)(H,52,53)(H4,37,38,39). The Morgan fingerprint density at radius 2 is 1.30 bits per heavy atom. The number of nitrogens with zero attached hydrogens (tertiary/aromatic N) is 1. The van der Waals surface area contributed by atoms with E-state index < -0.39 is 84.5 Å². The number of para-hydroxylation sites is 1. The lowest BCUT2D eigenvalue weighted by molar-refractivity contribution is -0.143. The highest BCUT2D eigenvalue weighted by Crippen LogP contribution is 2.19. The zero-order valence-electron chi connectivity index (χ0n) is 29.3. The Bertz CT molecular complexity index is 1610. The smallest absolute Gasteiger partial charge is 0.326 e. The van der Waals surface area contributed by atoms with Crippen LogP contribution in [0.5, 0.6) is 0 Å². The third-order valence-corrected chi connectivity index (χ3v) is 8.19. The van der Waals surface area contributed by atoms with Crippen LogP contribution in [0.15, 0.2) is 35.5 Å². The molecule has 1 aromatic carbocycles. The number of carboxylic acid groups (broad SMARTS) is 2. The second kappa shape index (κ2) is 22.2. The fraction of sp³-hybridized carbons (Fsp3) is 0.515. The van der Waals surface area contributed by atoms with Crippen LogP contribution in [0.3, 0.4) is 0 Å². The van der Waals surface area contributed by atoms with E-state index in [9.17, 15) is 43.8 Å². The number of aromatic nitrogens is 1. The number of carbonyl (C=O) groups is 7. The van der Waals surface area contributed by atoms with Gasteiger partial charge in [0.05, 0.1) is 6.04 Å². The van der Waals surface area contributed by atoms with Gasteiger partial charge in [-0.15, -0.1) is 0 Å². The molecule has 20 heteroatoms. The number of aliphatic carboxylic acids is 2. The number of hydrogen-bond acceptors (Lipinski definition) is 10. The van der Waals surface area contributed by atoms with Crippen molar-refractivity contribution in [3.63, 3.8) is 0 Å². The fourth-order valence-electron chi connectivity index (χ4n) is 5.32. The Morgan fingerprint density at radius 1 is 0.717 bits per heavy atom. The molecule has 0 fully saturated rings. The first-order valence-electron chi connectivity index (χ1n) is 17.1. The minimum Gasteiger partial charge on any atom is -0.481 e. The van der Waals surface area contributed by atoms with Gasteiger partial charge in [-0.1, -0.05) is 18.2 Å². The normalized spacial score (nSPS) is 13.8. The number of aliphatic imine (C=N–C) groups is 1. The number of rotatable bonds is 25. The topological polar surface area (TPSA) is 366 Å². The van der Waals surface area contributed by atoms with Crippen molar-refractivity contribution in [2.75, 3.05) is 13.1 Å². The van der Waals surface area contributed by atoms with Gasteiger partial charge in [-0.3, -0.25) is 33.8 Å². The predicted molar refractivity (Wildman–Crippen MR) is 193 cm³/mol. The molecule has 5 unspecified atom stereocenters. The van der Waals surface area contributed by atoms with E-state index in [1.807, 2.05) is 18.2 Å². The van der Waals surface area contributed by atoms with Gasteiger partial charge in [-0.05, 0) is 63.1 Å². The van der Waals surface area contributed by atoms with E-state index in [1.54, 1.807) is 12.3 Å². The number of H-pyrrole nitrogens is 1. The van der Waals surface area contributed by atoms with Gasteiger partial charge in [0.2, 0.25) is 29.5 Å². The Kier molecular flexibility index (Phi) is 18.2. The number of guanidine groups is 1. The molecule has 0 bridgehead atoms. The summed E-state index contributed by atoms with van der Waals surface area (Å²) < 4.78 is 0. The highest BCUT2D eigenvalue weighted by atomic mass is 16.4. The van der Waals surface area contributed by atoms with Crippen LogP contribution in [0.25, 0.3) is 10.9 Å². The largest absolute Gasteiger partial charge is 0.481 e. The number of primary amides is 1. The average molecular weight is 746 g/mol. The molecule has 0 aliphatic carbocycles. The Hall–Kier alpha value is -5.76. The highest BCUT2D eigenvalue weighted by molar-refractivity contribution is 5.96. The van der Waals surface area contributed by atoms with Gasteiger partial charge in [0.1, 0.15) is 24.2 Å². The second-order valence-corrected chi connectivity index (χ2v) is 12.4. The molecule has 0 spiro atoms. The number of carboxylic acids is 2. The first-order valence-corrected chi connectivity index (χ1v) is 17.1. The van der Waals surface area contributed by atoms with Crippen LogP contribution in [0.1, 0.15) is 63.4 Å². The minimum absolute atomic E-state index is 0.0264. The van der Waals surface area contributed by atoms with Crippen molar-refractivity contribution in [3.05, 3.63) is 36.0 Å². The lowest BCUT2D eigenvalue weighted by atomic mass is 10.0. The molecule has 292 valence electrons. The van der Waals surface area contributed by atoms with Gasteiger partial charge < -0.3 is 65.1 Å². The predicted octanol–water partition coefficient (Wildman–Crippen LogP) is -2.63. The lowest BCUT2D eigenvalue weighted by Gasteiger charge is -2.26. The molecular weight excluding hydrogens is 694 g/mol. The van der Waals surface area contributed by atoms with Crippen LogP contribution >= 0.6 is 0 Å². The number of amides is 5. The van der Waals surface area contributed by atoms with Crippen LogP contribution in [-0.4, -0.2) is 106 Å². The summed E-state index contributed by atoms with van der Waals surface area (Å²) in [4.78, 5) is 95.8. The van der Waals surface area contributed by atoms with E-state index in [4.69, 9.17) is 28.7 Å². The summed E-state index contributed by atoms with van der Waals surface area (Å²) in [5.74, 6) is -7.07. The van der Waals surface area contributed by atoms with E-state index in [0.29, 0.717) is 31.4 Å². The first kappa shape index (κ1) is 43.4. The summed E-state index contributed by atoms with van der Waals surface area (Å²) >= 11 is 0. The molecule has 2 rings (SSSR count). The maximum Gasteiger partial charge on any atom is 0.326 e. The number of unbranched alkanes of at least 4 members (excludes halogenated alkanes) is 1. The zero-order valence-corrected chi connectivity index (χ0v) is 29.3. The van der Waals surface area contributed by atoms with Crippen molar-refractivity contribution in [1.82, 2.24) is 26.3 Å². The minimum atomic E-state index is -1.54. The lowest BCUT2D eigenvalue weighted by Crippen LogP contribution is -2.59. The van der Waals surface area contributed by atoms with Gasteiger partial charge in [-0.2, -0.15) is 0 Å². The first-order chi connectivity index (χ1) is 25.1. The third-order valence-electron chi connectivity index (χ3n) is 8.19.